The molecule has 3 aromatic rings. The van der Waals surface area contributed by atoms with Crippen molar-refractivity contribution in [2.24, 2.45) is 0 Å². The fraction of sp³-hybridized carbons (Fsp3) is 0.240. The van der Waals surface area contributed by atoms with Crippen LogP contribution in [-0.4, -0.2) is 20.9 Å². The first kappa shape index (κ1) is 23.3. The normalized spacial score (nSPS) is 11.3. The van der Waals surface area contributed by atoms with E-state index >= 15 is 0 Å². The van der Waals surface area contributed by atoms with E-state index in [0.717, 1.165) is 16.7 Å². The molecule has 0 unspecified atom stereocenters. The van der Waals surface area contributed by atoms with Crippen molar-refractivity contribution in [3.05, 3.63) is 83.4 Å². The number of aryl methyl sites for hydroxylation is 2. The van der Waals surface area contributed by atoms with E-state index < -0.39 is 10.0 Å². The van der Waals surface area contributed by atoms with E-state index in [2.05, 4.69) is 23.9 Å². The number of hydrogen-bond donors (Lipinski definition) is 2. The van der Waals surface area contributed by atoms with Crippen molar-refractivity contribution >= 4 is 27.3 Å². The van der Waals surface area contributed by atoms with Crippen molar-refractivity contribution in [2.45, 2.75) is 38.5 Å². The fourth-order valence-electron chi connectivity index (χ4n) is 3.19. The summed E-state index contributed by atoms with van der Waals surface area (Å²) in [6.07, 6.45) is 0. The standard InChI is InChI=1S/C25H28N2O4S/c1-17(2)22-14-9-18(3)15-24(22)31-16-25(28)26-20-10-12-21(13-11-20)32(29,30)27-23-8-6-5-7-19(23)4/h5-15,17,27H,16H2,1-4H3,(H,26,28). The molecule has 0 aliphatic carbocycles. The Balaban J connectivity index is 1.63. The molecule has 3 rings (SSSR count). The Kier molecular flexibility index (Phi) is 7.20. The van der Waals surface area contributed by atoms with Crippen LogP contribution < -0.4 is 14.8 Å². The summed E-state index contributed by atoms with van der Waals surface area (Å²) in [5, 5.41) is 2.73. The van der Waals surface area contributed by atoms with Crippen LogP contribution in [0.4, 0.5) is 11.4 Å². The van der Waals surface area contributed by atoms with Gasteiger partial charge in [0.15, 0.2) is 6.61 Å². The first-order valence-electron chi connectivity index (χ1n) is 10.4. The smallest absolute Gasteiger partial charge is 0.262 e. The number of para-hydroxylation sites is 1. The number of rotatable bonds is 8. The van der Waals surface area contributed by atoms with Gasteiger partial charge in [-0.1, -0.05) is 44.2 Å². The van der Waals surface area contributed by atoms with Gasteiger partial charge in [-0.3, -0.25) is 9.52 Å². The van der Waals surface area contributed by atoms with Crippen LogP contribution in [0.25, 0.3) is 0 Å². The molecular formula is C25H28N2O4S. The lowest BCUT2D eigenvalue weighted by Gasteiger charge is -2.15. The van der Waals surface area contributed by atoms with E-state index in [-0.39, 0.29) is 23.3 Å². The average molecular weight is 453 g/mol. The highest BCUT2D eigenvalue weighted by Crippen LogP contribution is 2.27. The van der Waals surface area contributed by atoms with Gasteiger partial charge in [0.25, 0.3) is 15.9 Å². The second-order valence-corrected chi connectivity index (χ2v) is 9.66. The average Bonchev–Trinajstić information content (AvgIpc) is 2.74. The highest BCUT2D eigenvalue weighted by atomic mass is 32.2. The topological polar surface area (TPSA) is 84.5 Å². The maximum absolute atomic E-state index is 12.6. The second kappa shape index (κ2) is 9.87. The van der Waals surface area contributed by atoms with Crippen molar-refractivity contribution < 1.29 is 17.9 Å². The number of hydrogen-bond acceptors (Lipinski definition) is 4. The molecule has 2 N–H and O–H groups in total. The van der Waals surface area contributed by atoms with Gasteiger partial charge in [-0.2, -0.15) is 0 Å². The summed E-state index contributed by atoms with van der Waals surface area (Å²) in [6, 6.07) is 19.1. The quantitative estimate of drug-likeness (QED) is 0.489. The minimum Gasteiger partial charge on any atom is -0.483 e. The SMILES string of the molecule is Cc1ccc(C(C)C)c(OCC(=O)Nc2ccc(S(=O)(=O)Nc3ccccc3C)cc2)c1. The van der Waals surface area contributed by atoms with Crippen molar-refractivity contribution in [1.29, 1.82) is 0 Å². The number of benzene rings is 3. The van der Waals surface area contributed by atoms with Crippen LogP contribution in [0.3, 0.4) is 0 Å². The molecular weight excluding hydrogens is 424 g/mol. The zero-order valence-corrected chi connectivity index (χ0v) is 19.5. The molecule has 0 spiro atoms. The Morgan fingerprint density at radius 2 is 1.66 bits per heavy atom. The molecule has 0 aromatic heterocycles. The first-order valence-corrected chi connectivity index (χ1v) is 11.9. The molecule has 6 nitrogen and oxygen atoms in total. The van der Waals surface area contributed by atoms with Crippen LogP contribution in [0.15, 0.2) is 71.6 Å². The van der Waals surface area contributed by atoms with Crippen molar-refractivity contribution in [3.63, 3.8) is 0 Å². The molecule has 0 saturated heterocycles. The largest absolute Gasteiger partial charge is 0.483 e. The molecule has 0 bridgehead atoms. The molecule has 7 heteroatoms. The molecule has 0 aliphatic heterocycles. The maximum atomic E-state index is 12.6. The van der Waals surface area contributed by atoms with E-state index in [1.165, 1.54) is 12.1 Å². The molecule has 0 fully saturated rings. The lowest BCUT2D eigenvalue weighted by Crippen LogP contribution is -2.21. The Bertz CT molecular complexity index is 1200. The number of carbonyl (C=O) groups is 1. The summed E-state index contributed by atoms with van der Waals surface area (Å²) in [5.41, 5.74) is 3.94. The summed E-state index contributed by atoms with van der Waals surface area (Å²) in [6.45, 7) is 7.81. The second-order valence-electron chi connectivity index (χ2n) is 7.98. The molecule has 0 radical (unpaired) electrons. The van der Waals surface area contributed by atoms with Crippen LogP contribution in [0.1, 0.15) is 36.5 Å². The number of amides is 1. The van der Waals surface area contributed by atoms with Gasteiger partial charge in [0.05, 0.1) is 10.6 Å². The number of anilines is 2. The summed E-state index contributed by atoms with van der Waals surface area (Å²) < 4.78 is 33.6. The third-order valence-electron chi connectivity index (χ3n) is 4.99. The Hall–Kier alpha value is -3.32. The van der Waals surface area contributed by atoms with Crippen LogP contribution in [0, 0.1) is 13.8 Å². The zero-order chi connectivity index (χ0) is 23.3. The third kappa shape index (κ3) is 5.88. The van der Waals surface area contributed by atoms with E-state index in [1.807, 2.05) is 44.2 Å². The summed E-state index contributed by atoms with van der Waals surface area (Å²) in [7, 11) is -3.73. The van der Waals surface area contributed by atoms with Gasteiger partial charge in [-0.05, 0) is 72.9 Å². The van der Waals surface area contributed by atoms with Crippen LogP contribution in [0.5, 0.6) is 5.75 Å². The summed E-state index contributed by atoms with van der Waals surface area (Å²) >= 11 is 0. The molecule has 168 valence electrons. The van der Waals surface area contributed by atoms with Crippen molar-refractivity contribution in [3.8, 4) is 5.75 Å². The highest BCUT2D eigenvalue weighted by molar-refractivity contribution is 7.92. The minimum atomic E-state index is -3.73. The maximum Gasteiger partial charge on any atom is 0.262 e. The van der Waals surface area contributed by atoms with Gasteiger partial charge in [-0.15, -0.1) is 0 Å². The highest BCUT2D eigenvalue weighted by Gasteiger charge is 2.16. The number of carbonyl (C=O) groups excluding carboxylic acids is 1. The van der Waals surface area contributed by atoms with Gasteiger partial charge >= 0.3 is 0 Å². The van der Waals surface area contributed by atoms with E-state index in [0.29, 0.717) is 17.1 Å². The first-order chi connectivity index (χ1) is 15.2. The van der Waals surface area contributed by atoms with E-state index in [1.54, 1.807) is 24.3 Å². The minimum absolute atomic E-state index is 0.108. The van der Waals surface area contributed by atoms with Crippen molar-refractivity contribution in [2.75, 3.05) is 16.6 Å². The van der Waals surface area contributed by atoms with Crippen LogP contribution in [0.2, 0.25) is 0 Å². The Morgan fingerprint density at radius 1 is 0.969 bits per heavy atom. The van der Waals surface area contributed by atoms with Gasteiger partial charge in [0.2, 0.25) is 0 Å². The lowest BCUT2D eigenvalue weighted by molar-refractivity contribution is -0.118. The van der Waals surface area contributed by atoms with Crippen LogP contribution in [-0.2, 0) is 14.8 Å². The Morgan fingerprint density at radius 3 is 2.31 bits per heavy atom. The van der Waals surface area contributed by atoms with Gasteiger partial charge in [0, 0.05) is 5.69 Å². The molecule has 0 atom stereocenters. The number of sulfonamides is 1. The predicted octanol–water partition coefficient (Wildman–Crippen LogP) is 5.25. The summed E-state index contributed by atoms with van der Waals surface area (Å²) in [4.78, 5) is 12.5. The van der Waals surface area contributed by atoms with E-state index in [4.69, 9.17) is 4.74 Å². The fourth-order valence-corrected chi connectivity index (χ4v) is 4.32. The molecule has 3 aromatic carbocycles. The lowest BCUT2D eigenvalue weighted by atomic mass is 10.0. The van der Waals surface area contributed by atoms with Crippen molar-refractivity contribution in [1.82, 2.24) is 0 Å². The monoisotopic (exact) mass is 452 g/mol. The molecule has 0 aliphatic rings. The van der Waals surface area contributed by atoms with Gasteiger partial charge in [-0.25, -0.2) is 8.42 Å². The molecule has 1 amide bonds. The number of ether oxygens (including phenoxy) is 1. The molecule has 0 heterocycles. The molecule has 0 saturated carbocycles. The third-order valence-corrected chi connectivity index (χ3v) is 6.37. The molecule has 32 heavy (non-hydrogen) atoms. The summed E-state index contributed by atoms with van der Waals surface area (Å²) in [5.74, 6) is 0.644. The van der Waals surface area contributed by atoms with Gasteiger partial charge < -0.3 is 10.1 Å². The number of nitrogens with one attached hydrogen (secondary N) is 2. The van der Waals surface area contributed by atoms with E-state index in [9.17, 15) is 13.2 Å². The van der Waals surface area contributed by atoms with Gasteiger partial charge in [0.1, 0.15) is 5.75 Å². The Labute approximate surface area is 189 Å². The zero-order valence-electron chi connectivity index (χ0n) is 18.7. The predicted molar refractivity (Wildman–Crippen MR) is 128 cm³/mol. The van der Waals surface area contributed by atoms with Crippen LogP contribution >= 0.6 is 0 Å².